The molecule has 146 valence electrons. The Kier molecular flexibility index (Phi) is 6.14. The Labute approximate surface area is 161 Å². The lowest BCUT2D eigenvalue weighted by Crippen LogP contribution is -2.36. The zero-order chi connectivity index (χ0) is 19.4. The van der Waals surface area contributed by atoms with Gasteiger partial charge in [-0.2, -0.15) is 5.10 Å². The zero-order valence-electron chi connectivity index (χ0n) is 16.5. The number of fused-ring (bicyclic) bond motifs is 1. The fraction of sp³-hybridized carbons (Fsp3) is 0.571. The molecule has 3 rings (SSSR count). The molecule has 1 aliphatic carbocycles. The van der Waals surface area contributed by atoms with Crippen molar-refractivity contribution in [1.29, 1.82) is 0 Å². The van der Waals surface area contributed by atoms with E-state index in [-0.39, 0.29) is 17.7 Å². The Morgan fingerprint density at radius 1 is 1.30 bits per heavy atom. The summed E-state index contributed by atoms with van der Waals surface area (Å²) < 4.78 is 5.34. The fourth-order valence-corrected chi connectivity index (χ4v) is 3.87. The van der Waals surface area contributed by atoms with E-state index in [0.29, 0.717) is 30.3 Å². The van der Waals surface area contributed by atoms with Crippen LogP contribution < -0.4 is 15.1 Å². The third-order valence-corrected chi connectivity index (χ3v) is 5.25. The molecule has 0 atom stereocenters. The van der Waals surface area contributed by atoms with E-state index in [4.69, 9.17) is 4.74 Å². The number of amides is 2. The second-order valence-corrected chi connectivity index (χ2v) is 7.90. The van der Waals surface area contributed by atoms with Crippen molar-refractivity contribution in [2.75, 3.05) is 18.6 Å². The monoisotopic (exact) mass is 371 g/mol. The van der Waals surface area contributed by atoms with Gasteiger partial charge in [0.1, 0.15) is 5.75 Å². The summed E-state index contributed by atoms with van der Waals surface area (Å²) in [6.07, 6.45) is 6.42. The lowest BCUT2D eigenvalue weighted by atomic mass is 9.89. The van der Waals surface area contributed by atoms with Gasteiger partial charge in [-0.3, -0.25) is 9.59 Å². The van der Waals surface area contributed by atoms with Crippen molar-refractivity contribution in [3.8, 4) is 5.75 Å². The van der Waals surface area contributed by atoms with E-state index in [9.17, 15) is 9.59 Å². The minimum atomic E-state index is -0.175. The molecule has 1 aromatic carbocycles. The molecule has 0 unspecified atom stereocenters. The number of carbonyl (C=O) groups is 2. The Balaban J connectivity index is 1.85. The van der Waals surface area contributed by atoms with Crippen LogP contribution in [0, 0.1) is 11.8 Å². The first-order valence-corrected chi connectivity index (χ1v) is 9.86. The van der Waals surface area contributed by atoms with Crippen molar-refractivity contribution in [2.24, 2.45) is 16.9 Å². The molecule has 0 bridgehead atoms. The molecule has 6 nitrogen and oxygen atoms in total. The molecule has 1 heterocycles. The lowest BCUT2D eigenvalue weighted by Gasteiger charge is -2.27. The van der Waals surface area contributed by atoms with Crippen LogP contribution in [0.25, 0.3) is 0 Å². The Bertz CT molecular complexity index is 736. The van der Waals surface area contributed by atoms with Gasteiger partial charge < -0.3 is 9.64 Å². The predicted molar refractivity (Wildman–Crippen MR) is 106 cm³/mol. The Morgan fingerprint density at radius 2 is 2.04 bits per heavy atom. The highest BCUT2D eigenvalue weighted by molar-refractivity contribution is 6.54. The standard InChI is InChI=1S/C21H29N3O3/c1-14(2)11-19(25)22-23-20-17-10-9-16(27-3)12-18(17)24(21(20)26)13-15-7-5-4-6-8-15/h9-10,12,14-15H,4-8,11,13H2,1-3H3,(H,22,25)/b23-20-. The Hall–Kier alpha value is -2.37. The molecule has 0 saturated heterocycles. The molecule has 27 heavy (non-hydrogen) atoms. The largest absolute Gasteiger partial charge is 0.497 e. The van der Waals surface area contributed by atoms with E-state index in [0.717, 1.165) is 24.1 Å². The number of anilines is 1. The number of hydrogen-bond donors (Lipinski definition) is 1. The molecule has 1 aliphatic heterocycles. The summed E-state index contributed by atoms with van der Waals surface area (Å²) in [5, 5.41) is 4.18. The maximum atomic E-state index is 13.1. The van der Waals surface area contributed by atoms with Crippen molar-refractivity contribution >= 4 is 23.2 Å². The number of nitrogens with zero attached hydrogens (tertiary/aromatic N) is 2. The summed E-state index contributed by atoms with van der Waals surface area (Å²) in [5.74, 6) is 1.14. The highest BCUT2D eigenvalue weighted by Crippen LogP contribution is 2.35. The molecule has 0 aromatic heterocycles. The Morgan fingerprint density at radius 3 is 2.70 bits per heavy atom. The highest BCUT2D eigenvalue weighted by atomic mass is 16.5. The average Bonchev–Trinajstić information content (AvgIpc) is 2.91. The molecule has 2 amide bonds. The van der Waals surface area contributed by atoms with Gasteiger partial charge in [0.05, 0.1) is 12.8 Å². The van der Waals surface area contributed by atoms with Crippen molar-refractivity contribution in [2.45, 2.75) is 52.4 Å². The summed E-state index contributed by atoms with van der Waals surface area (Å²) in [6, 6.07) is 5.55. The van der Waals surface area contributed by atoms with Crippen LogP contribution in [0.4, 0.5) is 5.69 Å². The van der Waals surface area contributed by atoms with Crippen LogP contribution in [-0.4, -0.2) is 31.2 Å². The van der Waals surface area contributed by atoms with E-state index in [1.54, 1.807) is 12.0 Å². The molecule has 2 aliphatic rings. The smallest absolute Gasteiger partial charge is 0.279 e. The number of benzene rings is 1. The summed E-state index contributed by atoms with van der Waals surface area (Å²) in [4.78, 5) is 26.8. The molecule has 0 spiro atoms. The van der Waals surface area contributed by atoms with Crippen LogP contribution in [0.3, 0.4) is 0 Å². The molecule has 6 heteroatoms. The lowest BCUT2D eigenvalue weighted by molar-refractivity contribution is -0.121. The molecular weight excluding hydrogens is 342 g/mol. The predicted octanol–water partition coefficient (Wildman–Crippen LogP) is 3.49. The van der Waals surface area contributed by atoms with Gasteiger partial charge in [0.2, 0.25) is 5.91 Å². The zero-order valence-corrected chi connectivity index (χ0v) is 16.5. The minimum absolute atomic E-state index is 0.145. The first kappa shape index (κ1) is 19.4. The molecule has 1 aromatic rings. The van der Waals surface area contributed by atoms with Gasteiger partial charge in [0.15, 0.2) is 5.71 Å². The van der Waals surface area contributed by atoms with E-state index in [1.807, 2.05) is 32.0 Å². The number of carbonyl (C=O) groups excluding carboxylic acids is 2. The van der Waals surface area contributed by atoms with Crippen molar-refractivity contribution in [3.63, 3.8) is 0 Å². The fourth-order valence-electron chi connectivity index (χ4n) is 3.87. The third kappa shape index (κ3) is 4.49. The summed E-state index contributed by atoms with van der Waals surface area (Å²) >= 11 is 0. The summed E-state index contributed by atoms with van der Waals surface area (Å²) in [5.41, 5.74) is 4.43. The van der Waals surface area contributed by atoms with Gasteiger partial charge in [-0.25, -0.2) is 5.43 Å². The number of rotatable bonds is 6. The van der Waals surface area contributed by atoms with Gasteiger partial charge in [-0.15, -0.1) is 0 Å². The number of hydrazone groups is 1. The number of nitrogens with one attached hydrogen (secondary N) is 1. The van der Waals surface area contributed by atoms with Gasteiger partial charge in [-0.1, -0.05) is 33.1 Å². The van der Waals surface area contributed by atoms with E-state index < -0.39 is 0 Å². The van der Waals surface area contributed by atoms with Crippen LogP contribution in [0.5, 0.6) is 5.75 Å². The van der Waals surface area contributed by atoms with Crippen LogP contribution in [0.2, 0.25) is 0 Å². The van der Waals surface area contributed by atoms with E-state index >= 15 is 0 Å². The molecular formula is C21H29N3O3. The molecule has 1 N–H and O–H groups in total. The van der Waals surface area contributed by atoms with E-state index in [1.165, 1.54) is 19.3 Å². The van der Waals surface area contributed by atoms with Crippen LogP contribution in [0.15, 0.2) is 23.3 Å². The first-order chi connectivity index (χ1) is 13.0. The van der Waals surface area contributed by atoms with Crippen LogP contribution in [-0.2, 0) is 9.59 Å². The van der Waals surface area contributed by atoms with Crippen molar-refractivity contribution in [1.82, 2.24) is 5.43 Å². The summed E-state index contributed by atoms with van der Waals surface area (Å²) in [7, 11) is 1.62. The normalized spacial score (nSPS) is 18.9. The highest BCUT2D eigenvalue weighted by Gasteiger charge is 2.36. The van der Waals surface area contributed by atoms with Gasteiger partial charge in [0, 0.05) is 24.6 Å². The third-order valence-electron chi connectivity index (χ3n) is 5.25. The first-order valence-electron chi connectivity index (χ1n) is 9.86. The molecule has 1 saturated carbocycles. The van der Waals surface area contributed by atoms with Gasteiger partial charge in [-0.05, 0) is 36.8 Å². The van der Waals surface area contributed by atoms with Gasteiger partial charge >= 0.3 is 0 Å². The molecule has 0 radical (unpaired) electrons. The van der Waals surface area contributed by atoms with Crippen LogP contribution >= 0.6 is 0 Å². The maximum absolute atomic E-state index is 13.1. The molecule has 1 fully saturated rings. The maximum Gasteiger partial charge on any atom is 0.279 e. The number of hydrogen-bond acceptors (Lipinski definition) is 4. The topological polar surface area (TPSA) is 71.0 Å². The SMILES string of the molecule is COc1ccc2c(c1)N(CC1CCCCC1)C(=O)/C2=N\NC(=O)CC(C)C. The van der Waals surface area contributed by atoms with E-state index in [2.05, 4.69) is 10.5 Å². The van der Waals surface area contributed by atoms with Gasteiger partial charge in [0.25, 0.3) is 5.91 Å². The number of methoxy groups -OCH3 is 1. The summed E-state index contributed by atoms with van der Waals surface area (Å²) in [6.45, 7) is 4.64. The van der Waals surface area contributed by atoms with Crippen molar-refractivity contribution in [3.05, 3.63) is 23.8 Å². The van der Waals surface area contributed by atoms with Crippen molar-refractivity contribution < 1.29 is 14.3 Å². The quantitative estimate of drug-likeness (QED) is 0.778. The van der Waals surface area contributed by atoms with Crippen LogP contribution in [0.1, 0.15) is 57.9 Å². The average molecular weight is 371 g/mol. The second-order valence-electron chi connectivity index (χ2n) is 7.90. The number of ether oxygens (including phenoxy) is 1. The second kappa shape index (κ2) is 8.55. The minimum Gasteiger partial charge on any atom is -0.497 e.